The Morgan fingerprint density at radius 3 is 1.75 bits per heavy atom. The van der Waals surface area contributed by atoms with Crippen LogP contribution in [0.4, 0.5) is 0 Å². The second kappa shape index (κ2) is 7.28. The molecule has 16 heavy (non-hydrogen) atoms. The summed E-state index contributed by atoms with van der Waals surface area (Å²) in [5.74, 6) is 0.290. The lowest BCUT2D eigenvalue weighted by molar-refractivity contribution is 0.262. The SMILES string of the molecule is CCCCS(=O)(=O)N(C(C)CC)C(C)CC. The normalized spacial score (nSPS) is 16.4. The van der Waals surface area contributed by atoms with Crippen molar-refractivity contribution in [2.45, 2.75) is 72.4 Å². The van der Waals surface area contributed by atoms with E-state index in [2.05, 4.69) is 0 Å². The van der Waals surface area contributed by atoms with Crippen LogP contribution in [0.15, 0.2) is 0 Å². The second-order valence-corrected chi connectivity index (χ2v) is 6.51. The zero-order valence-corrected chi connectivity index (χ0v) is 12.2. The van der Waals surface area contributed by atoms with Crippen LogP contribution in [-0.2, 0) is 10.0 Å². The quantitative estimate of drug-likeness (QED) is 0.663. The van der Waals surface area contributed by atoms with E-state index in [1.807, 2.05) is 34.6 Å². The highest BCUT2D eigenvalue weighted by Crippen LogP contribution is 2.18. The molecule has 2 atom stereocenters. The number of sulfonamides is 1. The highest BCUT2D eigenvalue weighted by molar-refractivity contribution is 7.89. The molecule has 0 spiro atoms. The van der Waals surface area contributed by atoms with E-state index >= 15 is 0 Å². The molecule has 0 aromatic rings. The van der Waals surface area contributed by atoms with Gasteiger partial charge in [-0.05, 0) is 33.1 Å². The molecule has 0 saturated carbocycles. The van der Waals surface area contributed by atoms with Crippen LogP contribution in [-0.4, -0.2) is 30.6 Å². The van der Waals surface area contributed by atoms with E-state index < -0.39 is 10.0 Å². The monoisotopic (exact) mass is 249 g/mol. The Morgan fingerprint density at radius 1 is 1.00 bits per heavy atom. The van der Waals surface area contributed by atoms with Gasteiger partial charge < -0.3 is 0 Å². The first kappa shape index (κ1) is 15.9. The van der Waals surface area contributed by atoms with Crippen molar-refractivity contribution in [3.8, 4) is 0 Å². The Hall–Kier alpha value is -0.0900. The average Bonchev–Trinajstić information content (AvgIpc) is 2.25. The molecule has 2 unspecified atom stereocenters. The molecule has 0 fully saturated rings. The summed E-state index contributed by atoms with van der Waals surface area (Å²) in [5, 5.41) is 0. The summed E-state index contributed by atoms with van der Waals surface area (Å²) in [7, 11) is -3.07. The predicted molar refractivity (Wildman–Crippen MR) is 70.0 cm³/mol. The summed E-state index contributed by atoms with van der Waals surface area (Å²) in [6.45, 7) is 10.1. The number of nitrogens with zero attached hydrogens (tertiary/aromatic N) is 1. The number of hydrogen-bond acceptors (Lipinski definition) is 2. The maximum absolute atomic E-state index is 12.2. The van der Waals surface area contributed by atoms with Gasteiger partial charge in [0, 0.05) is 12.1 Å². The van der Waals surface area contributed by atoms with E-state index in [1.165, 1.54) is 0 Å². The van der Waals surface area contributed by atoms with Crippen LogP contribution in [0.2, 0.25) is 0 Å². The molecule has 98 valence electrons. The van der Waals surface area contributed by atoms with Gasteiger partial charge in [-0.25, -0.2) is 8.42 Å². The number of hydrogen-bond donors (Lipinski definition) is 0. The van der Waals surface area contributed by atoms with Gasteiger partial charge in [-0.1, -0.05) is 27.2 Å². The van der Waals surface area contributed by atoms with E-state index in [0.29, 0.717) is 0 Å². The van der Waals surface area contributed by atoms with E-state index in [0.717, 1.165) is 25.7 Å². The van der Waals surface area contributed by atoms with Gasteiger partial charge in [-0.2, -0.15) is 4.31 Å². The summed E-state index contributed by atoms with van der Waals surface area (Å²) in [6, 6.07) is 0.216. The first-order chi connectivity index (χ1) is 7.40. The molecule has 0 aromatic heterocycles. The molecular formula is C12H27NO2S. The Bertz CT molecular complexity index is 265. The Morgan fingerprint density at radius 2 is 1.44 bits per heavy atom. The summed E-state index contributed by atoms with van der Waals surface area (Å²) in [4.78, 5) is 0. The van der Waals surface area contributed by atoms with Crippen molar-refractivity contribution in [2.75, 3.05) is 5.75 Å². The maximum atomic E-state index is 12.2. The van der Waals surface area contributed by atoms with E-state index in [-0.39, 0.29) is 17.8 Å². The smallest absolute Gasteiger partial charge is 0.212 e. The van der Waals surface area contributed by atoms with Crippen LogP contribution in [0, 0.1) is 0 Å². The second-order valence-electron chi connectivity index (χ2n) is 4.51. The molecule has 0 heterocycles. The van der Waals surface area contributed by atoms with Crippen molar-refractivity contribution in [3.63, 3.8) is 0 Å². The third-order valence-corrected chi connectivity index (χ3v) is 5.29. The Kier molecular flexibility index (Phi) is 7.24. The van der Waals surface area contributed by atoms with E-state index in [9.17, 15) is 8.42 Å². The zero-order chi connectivity index (χ0) is 12.8. The minimum absolute atomic E-state index is 0.108. The van der Waals surface area contributed by atoms with E-state index in [4.69, 9.17) is 0 Å². The molecule has 0 aliphatic heterocycles. The highest BCUT2D eigenvalue weighted by Gasteiger charge is 2.29. The van der Waals surface area contributed by atoms with E-state index in [1.54, 1.807) is 4.31 Å². The predicted octanol–water partition coefficient (Wildman–Crippen LogP) is 3.02. The third-order valence-electron chi connectivity index (χ3n) is 3.13. The van der Waals surface area contributed by atoms with Crippen LogP contribution >= 0.6 is 0 Å². The largest absolute Gasteiger partial charge is 0.214 e. The van der Waals surface area contributed by atoms with Crippen molar-refractivity contribution in [1.29, 1.82) is 0 Å². The molecule has 0 aliphatic rings. The number of rotatable bonds is 8. The average molecular weight is 249 g/mol. The van der Waals surface area contributed by atoms with Gasteiger partial charge in [-0.15, -0.1) is 0 Å². The van der Waals surface area contributed by atoms with Crippen molar-refractivity contribution >= 4 is 10.0 Å². The fourth-order valence-corrected chi connectivity index (χ4v) is 4.03. The standard InChI is InChI=1S/C12H27NO2S/c1-6-9-10-16(14,15)13(11(4)7-2)12(5)8-3/h11-12H,6-10H2,1-5H3. The van der Waals surface area contributed by atoms with Crippen molar-refractivity contribution < 1.29 is 8.42 Å². The van der Waals surface area contributed by atoms with Crippen molar-refractivity contribution in [3.05, 3.63) is 0 Å². The Labute approximate surface area is 101 Å². The Balaban J connectivity index is 4.87. The van der Waals surface area contributed by atoms with Gasteiger partial charge in [0.2, 0.25) is 10.0 Å². The lowest BCUT2D eigenvalue weighted by Gasteiger charge is -2.32. The van der Waals surface area contributed by atoms with Crippen molar-refractivity contribution in [2.24, 2.45) is 0 Å². The van der Waals surface area contributed by atoms with Crippen LogP contribution < -0.4 is 0 Å². The lowest BCUT2D eigenvalue weighted by atomic mass is 10.2. The van der Waals surface area contributed by atoms with Crippen LogP contribution in [0.1, 0.15) is 60.3 Å². The van der Waals surface area contributed by atoms with Gasteiger partial charge in [0.15, 0.2) is 0 Å². The molecule has 0 radical (unpaired) electrons. The van der Waals surface area contributed by atoms with Gasteiger partial charge in [0.1, 0.15) is 0 Å². The van der Waals surface area contributed by atoms with Crippen LogP contribution in [0.25, 0.3) is 0 Å². The molecule has 0 N–H and O–H groups in total. The molecule has 4 heteroatoms. The molecule has 0 aromatic carbocycles. The molecule has 0 aliphatic carbocycles. The summed E-state index contributed by atoms with van der Waals surface area (Å²) >= 11 is 0. The number of unbranched alkanes of at least 4 members (excludes halogenated alkanes) is 1. The fourth-order valence-electron chi connectivity index (χ4n) is 1.77. The van der Waals surface area contributed by atoms with Crippen molar-refractivity contribution in [1.82, 2.24) is 4.31 Å². The molecule has 0 saturated heterocycles. The maximum Gasteiger partial charge on any atom is 0.214 e. The summed E-state index contributed by atoms with van der Waals surface area (Å²) in [5.41, 5.74) is 0. The zero-order valence-electron chi connectivity index (χ0n) is 11.4. The molecule has 0 bridgehead atoms. The fraction of sp³-hybridized carbons (Fsp3) is 1.00. The van der Waals surface area contributed by atoms with Gasteiger partial charge >= 0.3 is 0 Å². The summed E-state index contributed by atoms with van der Waals surface area (Å²) in [6.07, 6.45) is 3.42. The topological polar surface area (TPSA) is 37.4 Å². The first-order valence-electron chi connectivity index (χ1n) is 6.41. The van der Waals surface area contributed by atoms with Gasteiger partial charge in [-0.3, -0.25) is 0 Å². The summed E-state index contributed by atoms with van der Waals surface area (Å²) < 4.78 is 26.1. The molecule has 3 nitrogen and oxygen atoms in total. The minimum Gasteiger partial charge on any atom is -0.212 e. The third kappa shape index (κ3) is 4.42. The van der Waals surface area contributed by atoms with Crippen LogP contribution in [0.3, 0.4) is 0 Å². The first-order valence-corrected chi connectivity index (χ1v) is 8.02. The molecule has 0 rings (SSSR count). The van der Waals surface area contributed by atoms with Gasteiger partial charge in [0.05, 0.1) is 5.75 Å². The highest BCUT2D eigenvalue weighted by atomic mass is 32.2. The minimum atomic E-state index is -3.07. The molecule has 0 amide bonds. The van der Waals surface area contributed by atoms with Gasteiger partial charge in [0.25, 0.3) is 0 Å². The molecular weight excluding hydrogens is 222 g/mol. The van der Waals surface area contributed by atoms with Crippen LogP contribution in [0.5, 0.6) is 0 Å². The lowest BCUT2D eigenvalue weighted by Crippen LogP contribution is -2.45.